The fraction of sp³-hybridized carbons (Fsp3) is 0.214. The predicted molar refractivity (Wildman–Crippen MR) is 73.5 cm³/mol. The smallest absolute Gasteiger partial charge is 0.414 e. The Morgan fingerprint density at radius 3 is 2.38 bits per heavy atom. The van der Waals surface area contributed by atoms with Crippen LogP contribution in [0.3, 0.4) is 0 Å². The number of aromatic nitrogens is 1. The van der Waals surface area contributed by atoms with E-state index in [2.05, 4.69) is 10.3 Å². The molecule has 2 rings (SSSR count). The largest absolute Gasteiger partial charge is 0.473 e. The minimum absolute atomic E-state index is 0.753. The molecule has 2 aromatic rings. The molecular weight excluding hydrogens is 276 g/mol. The molecular formula is C14H16N2O5. The highest BCUT2D eigenvalue weighted by molar-refractivity contribution is 6.27. The highest BCUT2D eigenvalue weighted by Crippen LogP contribution is 2.05. The van der Waals surface area contributed by atoms with Crippen molar-refractivity contribution in [1.29, 1.82) is 0 Å². The number of carboxylic acid groups (broad SMARTS) is 2. The van der Waals surface area contributed by atoms with Crippen molar-refractivity contribution in [2.24, 2.45) is 0 Å². The van der Waals surface area contributed by atoms with E-state index >= 15 is 0 Å². The van der Waals surface area contributed by atoms with E-state index in [1.54, 1.807) is 6.20 Å². The van der Waals surface area contributed by atoms with Crippen LogP contribution < -0.4 is 5.32 Å². The summed E-state index contributed by atoms with van der Waals surface area (Å²) in [6, 6.07) is 7.95. The monoisotopic (exact) mass is 292 g/mol. The van der Waals surface area contributed by atoms with Crippen molar-refractivity contribution in [1.82, 2.24) is 10.3 Å². The van der Waals surface area contributed by atoms with Crippen LogP contribution in [-0.2, 0) is 22.7 Å². The molecule has 3 N–H and O–H groups in total. The molecule has 112 valence electrons. The summed E-state index contributed by atoms with van der Waals surface area (Å²) >= 11 is 0. The SMILES string of the molecule is Cc1ccc(CNCc2cccnc2)o1.O=C(O)C(=O)O. The summed E-state index contributed by atoms with van der Waals surface area (Å²) in [7, 11) is 0. The number of rotatable bonds is 4. The van der Waals surface area contributed by atoms with Crippen LogP contribution in [0.25, 0.3) is 0 Å². The van der Waals surface area contributed by atoms with Crippen LogP contribution in [-0.4, -0.2) is 27.1 Å². The fourth-order valence-corrected chi connectivity index (χ4v) is 1.41. The van der Waals surface area contributed by atoms with Crippen molar-refractivity contribution in [3.8, 4) is 0 Å². The van der Waals surface area contributed by atoms with Gasteiger partial charge in [0.15, 0.2) is 0 Å². The van der Waals surface area contributed by atoms with Gasteiger partial charge < -0.3 is 19.9 Å². The number of hydrogen-bond donors (Lipinski definition) is 3. The normalized spacial score (nSPS) is 9.57. The lowest BCUT2D eigenvalue weighted by Gasteiger charge is -2.01. The summed E-state index contributed by atoms with van der Waals surface area (Å²) in [5.74, 6) is -1.73. The van der Waals surface area contributed by atoms with Gasteiger partial charge in [0.25, 0.3) is 0 Å². The Hall–Kier alpha value is -2.67. The number of nitrogens with zero attached hydrogens (tertiary/aromatic N) is 1. The summed E-state index contributed by atoms with van der Waals surface area (Å²) in [5.41, 5.74) is 1.18. The molecule has 0 atom stereocenters. The molecule has 21 heavy (non-hydrogen) atoms. The highest BCUT2D eigenvalue weighted by Gasteiger charge is 2.04. The number of pyridine rings is 1. The molecule has 0 unspecified atom stereocenters. The molecule has 0 saturated heterocycles. The van der Waals surface area contributed by atoms with E-state index in [0.29, 0.717) is 0 Å². The van der Waals surface area contributed by atoms with Crippen molar-refractivity contribution in [2.75, 3.05) is 0 Å². The number of aliphatic carboxylic acids is 2. The van der Waals surface area contributed by atoms with Crippen molar-refractivity contribution in [2.45, 2.75) is 20.0 Å². The van der Waals surface area contributed by atoms with E-state index in [1.165, 1.54) is 5.56 Å². The lowest BCUT2D eigenvalue weighted by molar-refractivity contribution is -0.159. The summed E-state index contributed by atoms with van der Waals surface area (Å²) in [6.07, 6.45) is 3.64. The van der Waals surface area contributed by atoms with Gasteiger partial charge in [-0.05, 0) is 30.7 Å². The fourth-order valence-electron chi connectivity index (χ4n) is 1.41. The summed E-state index contributed by atoms with van der Waals surface area (Å²) < 4.78 is 5.44. The van der Waals surface area contributed by atoms with Gasteiger partial charge in [-0.25, -0.2) is 9.59 Å². The van der Waals surface area contributed by atoms with Gasteiger partial charge in [0.2, 0.25) is 0 Å². The molecule has 0 fully saturated rings. The van der Waals surface area contributed by atoms with Gasteiger partial charge in [-0.1, -0.05) is 6.07 Å². The lowest BCUT2D eigenvalue weighted by atomic mass is 10.3. The molecule has 2 heterocycles. The molecule has 0 bridgehead atoms. The first-order valence-corrected chi connectivity index (χ1v) is 6.10. The van der Waals surface area contributed by atoms with Gasteiger partial charge in [-0.15, -0.1) is 0 Å². The topological polar surface area (TPSA) is 113 Å². The molecule has 0 saturated carbocycles. The molecule has 7 nitrogen and oxygen atoms in total. The number of aryl methyl sites for hydroxylation is 1. The average molecular weight is 292 g/mol. The second-order valence-electron chi connectivity index (χ2n) is 4.09. The first-order valence-electron chi connectivity index (χ1n) is 6.10. The third kappa shape index (κ3) is 6.88. The standard InChI is InChI=1S/C12H14N2O.C2H2O4/c1-10-4-5-12(15-10)9-14-8-11-3-2-6-13-7-11;3-1(4)2(5)6/h2-7,14H,8-9H2,1H3;(H,3,4)(H,5,6). The quantitative estimate of drug-likeness (QED) is 0.730. The number of nitrogens with one attached hydrogen (secondary N) is 1. The zero-order valence-electron chi connectivity index (χ0n) is 11.4. The van der Waals surface area contributed by atoms with Crippen LogP contribution >= 0.6 is 0 Å². The Bertz CT molecular complexity index is 568. The maximum absolute atomic E-state index is 9.10. The average Bonchev–Trinajstić information content (AvgIpc) is 2.86. The van der Waals surface area contributed by atoms with E-state index in [9.17, 15) is 0 Å². The molecule has 0 aliphatic heterocycles. The van der Waals surface area contributed by atoms with Crippen molar-refractivity contribution < 1.29 is 24.2 Å². The van der Waals surface area contributed by atoms with Crippen LogP contribution in [0.15, 0.2) is 41.1 Å². The van der Waals surface area contributed by atoms with Crippen LogP contribution in [0, 0.1) is 6.92 Å². The van der Waals surface area contributed by atoms with Crippen LogP contribution in [0.4, 0.5) is 0 Å². The van der Waals surface area contributed by atoms with E-state index < -0.39 is 11.9 Å². The molecule has 2 aromatic heterocycles. The summed E-state index contributed by atoms with van der Waals surface area (Å²) in [5, 5.41) is 18.1. The summed E-state index contributed by atoms with van der Waals surface area (Å²) in [4.78, 5) is 22.3. The van der Waals surface area contributed by atoms with Gasteiger partial charge in [0.1, 0.15) is 11.5 Å². The van der Waals surface area contributed by atoms with Gasteiger partial charge in [-0.3, -0.25) is 4.98 Å². The summed E-state index contributed by atoms with van der Waals surface area (Å²) in [6.45, 7) is 3.51. The van der Waals surface area contributed by atoms with Crippen molar-refractivity contribution in [3.05, 3.63) is 53.7 Å². The molecule has 7 heteroatoms. The third-order valence-corrected chi connectivity index (χ3v) is 2.33. The number of hydrogen-bond acceptors (Lipinski definition) is 5. The zero-order valence-corrected chi connectivity index (χ0v) is 11.4. The zero-order chi connectivity index (χ0) is 15.7. The van der Waals surface area contributed by atoms with Crippen molar-refractivity contribution >= 4 is 11.9 Å². The van der Waals surface area contributed by atoms with Crippen molar-refractivity contribution in [3.63, 3.8) is 0 Å². The molecule has 0 spiro atoms. The van der Waals surface area contributed by atoms with E-state index in [0.717, 1.165) is 24.6 Å². The predicted octanol–water partition coefficient (Wildman–Crippen LogP) is 1.43. The van der Waals surface area contributed by atoms with Crippen LogP contribution in [0.1, 0.15) is 17.1 Å². The molecule has 0 aliphatic carbocycles. The van der Waals surface area contributed by atoms with E-state index in [-0.39, 0.29) is 0 Å². The van der Waals surface area contributed by atoms with Crippen LogP contribution in [0.2, 0.25) is 0 Å². The Balaban J connectivity index is 0.000000315. The second-order valence-corrected chi connectivity index (χ2v) is 4.09. The maximum atomic E-state index is 9.10. The van der Waals surface area contributed by atoms with E-state index in [4.69, 9.17) is 24.2 Å². The minimum atomic E-state index is -1.82. The lowest BCUT2D eigenvalue weighted by Crippen LogP contribution is -2.12. The Labute approximate surface area is 121 Å². The third-order valence-electron chi connectivity index (χ3n) is 2.33. The molecule has 0 amide bonds. The molecule has 0 radical (unpaired) electrons. The molecule has 0 aliphatic rings. The second kappa shape index (κ2) is 8.49. The number of carbonyl (C=O) groups is 2. The van der Waals surface area contributed by atoms with Gasteiger partial charge in [0, 0.05) is 18.9 Å². The van der Waals surface area contributed by atoms with Gasteiger partial charge in [-0.2, -0.15) is 0 Å². The first-order chi connectivity index (χ1) is 9.99. The van der Waals surface area contributed by atoms with E-state index in [1.807, 2.05) is 37.4 Å². The first kappa shape index (κ1) is 16.4. The minimum Gasteiger partial charge on any atom is -0.473 e. The molecule has 0 aromatic carbocycles. The maximum Gasteiger partial charge on any atom is 0.414 e. The van der Waals surface area contributed by atoms with Crippen LogP contribution in [0.5, 0.6) is 0 Å². The Morgan fingerprint density at radius 2 is 1.90 bits per heavy atom. The Morgan fingerprint density at radius 1 is 1.19 bits per heavy atom. The van der Waals surface area contributed by atoms with Gasteiger partial charge >= 0.3 is 11.9 Å². The Kier molecular flexibility index (Phi) is 6.62. The number of furan rings is 1. The highest BCUT2D eigenvalue weighted by atomic mass is 16.4. The number of carboxylic acids is 2. The van der Waals surface area contributed by atoms with Gasteiger partial charge in [0.05, 0.1) is 6.54 Å².